The van der Waals surface area contributed by atoms with Gasteiger partial charge in [0.25, 0.3) is 0 Å². The summed E-state index contributed by atoms with van der Waals surface area (Å²) in [5.74, 6) is 2.25. The highest BCUT2D eigenvalue weighted by Crippen LogP contribution is 2.25. The normalized spacial score (nSPS) is 11.4. The van der Waals surface area contributed by atoms with E-state index in [0.717, 1.165) is 37.3 Å². The molecule has 2 N–H and O–H groups in total. The molecule has 0 unspecified atom stereocenters. The molecule has 0 aliphatic carbocycles. The Hall–Kier alpha value is -0.800. The van der Waals surface area contributed by atoms with Crippen LogP contribution in [0.5, 0.6) is 0 Å². The summed E-state index contributed by atoms with van der Waals surface area (Å²) >= 11 is 6.37. The van der Waals surface area contributed by atoms with E-state index in [9.17, 15) is 0 Å². The van der Waals surface area contributed by atoms with Gasteiger partial charge < -0.3 is 10.6 Å². The molecule has 0 saturated heterocycles. The summed E-state index contributed by atoms with van der Waals surface area (Å²) in [5, 5.41) is 0.709. The molecular formula is C16H28ClN3. The Morgan fingerprint density at radius 2 is 1.70 bits per heavy atom. The molecule has 0 aliphatic rings. The number of halogens is 1. The molecule has 0 aliphatic heterocycles. The van der Waals surface area contributed by atoms with Gasteiger partial charge in [-0.05, 0) is 36.3 Å². The molecule has 3 nitrogen and oxygen atoms in total. The average Bonchev–Trinajstić information content (AvgIpc) is 2.39. The van der Waals surface area contributed by atoms with Gasteiger partial charge in [-0.15, -0.1) is 0 Å². The third kappa shape index (κ3) is 5.68. The fourth-order valence-electron chi connectivity index (χ4n) is 1.97. The van der Waals surface area contributed by atoms with Crippen LogP contribution in [0.25, 0.3) is 0 Å². The van der Waals surface area contributed by atoms with Crippen molar-refractivity contribution < 1.29 is 0 Å². The van der Waals surface area contributed by atoms with E-state index in [2.05, 4.69) is 37.6 Å². The molecule has 1 rings (SSSR count). The second kappa shape index (κ2) is 8.48. The first-order chi connectivity index (χ1) is 9.43. The maximum absolute atomic E-state index is 6.37. The molecule has 1 aromatic rings. The van der Waals surface area contributed by atoms with Crippen molar-refractivity contribution in [2.45, 2.75) is 47.1 Å². The zero-order valence-corrected chi connectivity index (χ0v) is 14.0. The van der Waals surface area contributed by atoms with Gasteiger partial charge in [0, 0.05) is 25.8 Å². The van der Waals surface area contributed by atoms with Crippen molar-refractivity contribution in [2.75, 3.05) is 18.0 Å². The quantitative estimate of drug-likeness (QED) is 0.786. The maximum atomic E-state index is 6.37. The second-order valence-electron chi connectivity index (χ2n) is 6.21. The summed E-state index contributed by atoms with van der Waals surface area (Å²) < 4.78 is 0. The van der Waals surface area contributed by atoms with Gasteiger partial charge in [-0.3, -0.25) is 0 Å². The van der Waals surface area contributed by atoms with Gasteiger partial charge in [0.05, 0.1) is 5.02 Å². The van der Waals surface area contributed by atoms with E-state index in [1.807, 2.05) is 12.3 Å². The highest BCUT2D eigenvalue weighted by Gasteiger charge is 2.13. The van der Waals surface area contributed by atoms with Gasteiger partial charge in [0.15, 0.2) is 0 Å². The van der Waals surface area contributed by atoms with Crippen molar-refractivity contribution in [1.82, 2.24) is 4.98 Å². The van der Waals surface area contributed by atoms with Crippen molar-refractivity contribution in [1.29, 1.82) is 0 Å². The third-order valence-corrected chi connectivity index (χ3v) is 3.64. The lowest BCUT2D eigenvalue weighted by Gasteiger charge is -2.26. The van der Waals surface area contributed by atoms with Crippen molar-refractivity contribution in [3.05, 3.63) is 22.8 Å². The summed E-state index contributed by atoms with van der Waals surface area (Å²) in [4.78, 5) is 6.83. The predicted molar refractivity (Wildman–Crippen MR) is 88.3 cm³/mol. The van der Waals surface area contributed by atoms with Gasteiger partial charge in [0.2, 0.25) is 0 Å². The van der Waals surface area contributed by atoms with Crippen LogP contribution in [0.15, 0.2) is 12.3 Å². The molecule has 0 spiro atoms. The first-order valence-electron chi connectivity index (χ1n) is 7.53. The predicted octanol–water partition coefficient (Wildman–Crippen LogP) is 4.09. The van der Waals surface area contributed by atoms with Crippen molar-refractivity contribution in [2.24, 2.45) is 17.6 Å². The minimum absolute atomic E-state index is 0.477. The summed E-state index contributed by atoms with van der Waals surface area (Å²) in [6, 6.07) is 1.93. The Bertz CT molecular complexity index is 393. The minimum Gasteiger partial charge on any atom is -0.355 e. The van der Waals surface area contributed by atoms with Crippen LogP contribution in [0.3, 0.4) is 0 Å². The van der Waals surface area contributed by atoms with Crippen LogP contribution in [0.4, 0.5) is 5.82 Å². The molecule has 0 amide bonds. The summed E-state index contributed by atoms with van der Waals surface area (Å²) in [6.07, 6.45) is 4.13. The van der Waals surface area contributed by atoms with Crippen LogP contribution in [0.1, 0.15) is 46.1 Å². The van der Waals surface area contributed by atoms with Crippen molar-refractivity contribution >= 4 is 17.4 Å². The van der Waals surface area contributed by atoms with Gasteiger partial charge in [-0.1, -0.05) is 39.3 Å². The molecule has 20 heavy (non-hydrogen) atoms. The summed E-state index contributed by atoms with van der Waals surface area (Å²) in [6.45, 7) is 11.4. The topological polar surface area (TPSA) is 42.2 Å². The fourth-order valence-corrected chi connectivity index (χ4v) is 2.27. The van der Waals surface area contributed by atoms with E-state index in [1.54, 1.807) is 0 Å². The molecule has 0 saturated carbocycles. The SMILES string of the molecule is CC(C)CCN(CCC(C)C)c1ncc(CN)cc1Cl. The highest BCUT2D eigenvalue weighted by atomic mass is 35.5. The lowest BCUT2D eigenvalue weighted by atomic mass is 10.1. The molecule has 0 atom stereocenters. The third-order valence-electron chi connectivity index (χ3n) is 3.37. The lowest BCUT2D eigenvalue weighted by molar-refractivity contribution is 0.533. The minimum atomic E-state index is 0.477. The Balaban J connectivity index is 2.84. The van der Waals surface area contributed by atoms with E-state index in [4.69, 9.17) is 17.3 Å². The van der Waals surface area contributed by atoms with E-state index in [0.29, 0.717) is 23.4 Å². The number of hydrogen-bond acceptors (Lipinski definition) is 3. The molecule has 4 heteroatoms. The van der Waals surface area contributed by atoms with Crippen LogP contribution in [0, 0.1) is 11.8 Å². The number of aromatic nitrogens is 1. The number of pyridine rings is 1. The largest absolute Gasteiger partial charge is 0.355 e. The number of nitrogens with two attached hydrogens (primary N) is 1. The lowest BCUT2D eigenvalue weighted by Crippen LogP contribution is -2.28. The summed E-state index contributed by atoms with van der Waals surface area (Å²) in [5.41, 5.74) is 6.61. The first-order valence-corrected chi connectivity index (χ1v) is 7.91. The van der Waals surface area contributed by atoms with Crippen LogP contribution in [-0.4, -0.2) is 18.1 Å². The molecule has 1 aromatic heterocycles. The number of rotatable bonds is 8. The van der Waals surface area contributed by atoms with Crippen LogP contribution in [0.2, 0.25) is 5.02 Å². The number of nitrogens with zero attached hydrogens (tertiary/aromatic N) is 2. The number of anilines is 1. The van der Waals surface area contributed by atoms with Gasteiger partial charge >= 0.3 is 0 Å². The Kier molecular flexibility index (Phi) is 7.31. The molecular weight excluding hydrogens is 270 g/mol. The molecule has 0 bridgehead atoms. The molecule has 0 fully saturated rings. The van der Waals surface area contributed by atoms with Gasteiger partial charge in [-0.25, -0.2) is 4.98 Å². The Labute approximate surface area is 128 Å². The standard InChI is InChI=1S/C16H28ClN3/c1-12(2)5-7-20(8-6-13(3)4)16-15(17)9-14(10-18)11-19-16/h9,11-13H,5-8,10,18H2,1-4H3. The van der Waals surface area contributed by atoms with Gasteiger partial charge in [0.1, 0.15) is 5.82 Å². The molecule has 0 aromatic carbocycles. The average molecular weight is 298 g/mol. The first kappa shape index (κ1) is 17.3. The van der Waals surface area contributed by atoms with E-state index in [1.165, 1.54) is 0 Å². The molecule has 114 valence electrons. The molecule has 1 heterocycles. The van der Waals surface area contributed by atoms with Gasteiger partial charge in [-0.2, -0.15) is 0 Å². The zero-order chi connectivity index (χ0) is 15.1. The second-order valence-corrected chi connectivity index (χ2v) is 6.61. The highest BCUT2D eigenvalue weighted by molar-refractivity contribution is 6.33. The summed E-state index contributed by atoms with van der Waals surface area (Å²) in [7, 11) is 0. The maximum Gasteiger partial charge on any atom is 0.147 e. The fraction of sp³-hybridized carbons (Fsp3) is 0.688. The van der Waals surface area contributed by atoms with Crippen molar-refractivity contribution in [3.8, 4) is 0 Å². The van der Waals surface area contributed by atoms with E-state index >= 15 is 0 Å². The Morgan fingerprint density at radius 3 is 2.10 bits per heavy atom. The Morgan fingerprint density at radius 1 is 1.15 bits per heavy atom. The molecule has 0 radical (unpaired) electrons. The number of hydrogen-bond donors (Lipinski definition) is 1. The van der Waals surface area contributed by atoms with Crippen LogP contribution in [-0.2, 0) is 6.54 Å². The van der Waals surface area contributed by atoms with Crippen LogP contribution < -0.4 is 10.6 Å². The van der Waals surface area contributed by atoms with E-state index < -0.39 is 0 Å². The monoisotopic (exact) mass is 297 g/mol. The van der Waals surface area contributed by atoms with Crippen LogP contribution >= 0.6 is 11.6 Å². The zero-order valence-electron chi connectivity index (χ0n) is 13.2. The van der Waals surface area contributed by atoms with Crippen molar-refractivity contribution in [3.63, 3.8) is 0 Å². The van der Waals surface area contributed by atoms with E-state index in [-0.39, 0.29) is 0 Å². The smallest absolute Gasteiger partial charge is 0.147 e.